The average molecular weight is 345 g/mol. The zero-order chi connectivity index (χ0) is 17.6. The molecule has 5 heteroatoms. The van der Waals surface area contributed by atoms with Gasteiger partial charge in [-0.05, 0) is 69.3 Å². The molecule has 1 atom stereocenters. The van der Waals surface area contributed by atoms with E-state index in [1.54, 1.807) is 0 Å². The third-order valence-corrected chi connectivity index (χ3v) is 5.69. The van der Waals surface area contributed by atoms with Gasteiger partial charge >= 0.3 is 0 Å². The molecule has 0 spiro atoms. The van der Waals surface area contributed by atoms with Gasteiger partial charge in [-0.3, -0.25) is 9.69 Å². The quantitative estimate of drug-likeness (QED) is 0.832. The fraction of sp³-hybridized carbons (Fsp3) is 0.650. The van der Waals surface area contributed by atoms with Crippen molar-refractivity contribution in [3.63, 3.8) is 0 Å². The summed E-state index contributed by atoms with van der Waals surface area (Å²) in [6.45, 7) is 6.88. The Labute approximate surface area is 150 Å². The lowest BCUT2D eigenvalue weighted by Crippen LogP contribution is -2.38. The van der Waals surface area contributed by atoms with Gasteiger partial charge in [0.15, 0.2) is 0 Å². The van der Waals surface area contributed by atoms with Gasteiger partial charge in [-0.25, -0.2) is 0 Å². The average Bonchev–Trinajstić information content (AvgIpc) is 2.63. The number of amides is 1. The number of carbonyl (C=O) groups excluding carboxylic acids is 1. The van der Waals surface area contributed by atoms with E-state index in [9.17, 15) is 4.79 Å². The van der Waals surface area contributed by atoms with Crippen molar-refractivity contribution in [1.82, 2.24) is 4.90 Å². The minimum Gasteiger partial charge on any atom is -0.382 e. The minimum atomic E-state index is -0.145. The van der Waals surface area contributed by atoms with Crippen molar-refractivity contribution in [3.8, 4) is 0 Å². The zero-order valence-corrected chi connectivity index (χ0v) is 15.2. The van der Waals surface area contributed by atoms with Crippen molar-refractivity contribution in [1.29, 1.82) is 0 Å². The Morgan fingerprint density at radius 1 is 1.28 bits per heavy atom. The number of benzene rings is 1. The van der Waals surface area contributed by atoms with Crippen molar-refractivity contribution in [2.75, 3.05) is 31.6 Å². The first-order valence-corrected chi connectivity index (χ1v) is 9.56. The fourth-order valence-electron chi connectivity index (χ4n) is 3.99. The van der Waals surface area contributed by atoms with Crippen LogP contribution in [0.15, 0.2) is 24.3 Å². The summed E-state index contributed by atoms with van der Waals surface area (Å²) in [5, 5.41) is 3.68. The Kier molecular flexibility index (Phi) is 6.32. The number of nitrogens with two attached hydrogens (primary N) is 1. The number of nitrogens with zero attached hydrogens (tertiary/aromatic N) is 1. The van der Waals surface area contributed by atoms with Crippen LogP contribution in [0.2, 0.25) is 0 Å². The van der Waals surface area contributed by atoms with E-state index in [0.717, 1.165) is 58.5 Å². The van der Waals surface area contributed by atoms with E-state index in [0.29, 0.717) is 12.0 Å². The predicted octanol–water partition coefficient (Wildman–Crippen LogP) is 2.61. The molecular formula is C20H31N3O2. The summed E-state index contributed by atoms with van der Waals surface area (Å²) in [6, 6.07) is 9.19. The topological polar surface area (TPSA) is 67.6 Å². The third kappa shape index (κ3) is 5.19. The van der Waals surface area contributed by atoms with Gasteiger partial charge in [-0.15, -0.1) is 0 Å². The molecule has 2 fully saturated rings. The third-order valence-electron chi connectivity index (χ3n) is 5.69. The fourth-order valence-corrected chi connectivity index (χ4v) is 3.99. The molecule has 0 aromatic heterocycles. The molecule has 3 N–H and O–H groups in total. The predicted molar refractivity (Wildman–Crippen MR) is 100 cm³/mol. The van der Waals surface area contributed by atoms with Crippen LogP contribution in [0, 0.1) is 11.8 Å². The largest absolute Gasteiger partial charge is 0.382 e. The van der Waals surface area contributed by atoms with Crippen molar-refractivity contribution < 1.29 is 9.53 Å². The normalized spacial score (nSPS) is 21.8. The van der Waals surface area contributed by atoms with Crippen molar-refractivity contribution in [2.24, 2.45) is 17.6 Å². The van der Waals surface area contributed by atoms with Gasteiger partial charge in [-0.1, -0.05) is 12.1 Å². The maximum absolute atomic E-state index is 11.3. The van der Waals surface area contributed by atoms with Crippen molar-refractivity contribution in [3.05, 3.63) is 29.8 Å². The number of nitrogens with one attached hydrogen (secondary N) is 1. The van der Waals surface area contributed by atoms with Crippen LogP contribution in [0.25, 0.3) is 0 Å². The molecule has 2 heterocycles. The molecule has 3 rings (SSSR count). The molecule has 1 unspecified atom stereocenters. The van der Waals surface area contributed by atoms with E-state index in [2.05, 4.69) is 41.4 Å². The van der Waals surface area contributed by atoms with Gasteiger partial charge in [0.25, 0.3) is 0 Å². The van der Waals surface area contributed by atoms with Gasteiger partial charge in [0, 0.05) is 37.4 Å². The Hall–Kier alpha value is -1.59. The van der Waals surface area contributed by atoms with Crippen LogP contribution in [0.3, 0.4) is 0 Å². The summed E-state index contributed by atoms with van der Waals surface area (Å²) in [4.78, 5) is 13.7. The molecule has 0 bridgehead atoms. The van der Waals surface area contributed by atoms with Gasteiger partial charge < -0.3 is 15.8 Å². The van der Waals surface area contributed by atoms with E-state index in [-0.39, 0.29) is 11.8 Å². The Morgan fingerprint density at radius 2 is 2.00 bits per heavy atom. The Morgan fingerprint density at radius 3 is 2.68 bits per heavy atom. The number of likely N-dealkylation sites (tertiary alicyclic amines) is 1. The monoisotopic (exact) mass is 345 g/mol. The molecule has 1 aromatic rings. The highest BCUT2D eigenvalue weighted by Gasteiger charge is 2.23. The summed E-state index contributed by atoms with van der Waals surface area (Å²) >= 11 is 0. The molecular weight excluding hydrogens is 314 g/mol. The van der Waals surface area contributed by atoms with E-state index in [1.807, 2.05) is 0 Å². The first-order chi connectivity index (χ1) is 12.1. The molecule has 5 nitrogen and oxygen atoms in total. The smallest absolute Gasteiger partial charge is 0.220 e. The molecule has 138 valence electrons. The lowest BCUT2D eigenvalue weighted by Gasteiger charge is -2.31. The highest BCUT2D eigenvalue weighted by atomic mass is 16.5. The molecule has 0 aliphatic carbocycles. The Balaban J connectivity index is 1.52. The van der Waals surface area contributed by atoms with Crippen LogP contribution >= 0.6 is 0 Å². The van der Waals surface area contributed by atoms with Crippen LogP contribution in [-0.2, 0) is 16.1 Å². The zero-order valence-electron chi connectivity index (χ0n) is 15.2. The second-order valence-corrected chi connectivity index (χ2v) is 7.54. The molecule has 25 heavy (non-hydrogen) atoms. The van der Waals surface area contributed by atoms with Gasteiger partial charge in [0.2, 0.25) is 5.91 Å². The maximum Gasteiger partial charge on any atom is 0.220 e. The van der Waals surface area contributed by atoms with Crippen LogP contribution < -0.4 is 11.1 Å². The van der Waals surface area contributed by atoms with E-state index < -0.39 is 0 Å². The first kappa shape index (κ1) is 18.2. The van der Waals surface area contributed by atoms with Gasteiger partial charge in [-0.2, -0.15) is 0 Å². The molecule has 0 saturated carbocycles. The second kappa shape index (κ2) is 8.68. The second-order valence-electron chi connectivity index (χ2n) is 7.54. The number of primary amides is 1. The van der Waals surface area contributed by atoms with E-state index in [4.69, 9.17) is 10.5 Å². The number of ether oxygens (including phenoxy) is 1. The standard InChI is InChI=1S/C20H31N3O2/c1-15(17-7-11-25-12-8-17)22-19-4-2-3-16(13-19)14-23-9-5-18(6-10-23)20(21)24/h2-4,13,15,17-18,22H,5-12,14H2,1H3,(H2,21,24). The van der Waals surface area contributed by atoms with Crippen molar-refractivity contribution in [2.45, 2.75) is 45.2 Å². The molecule has 2 aliphatic rings. The summed E-state index contributed by atoms with van der Waals surface area (Å²) in [5.41, 5.74) is 7.94. The molecule has 2 saturated heterocycles. The molecule has 1 aromatic carbocycles. The van der Waals surface area contributed by atoms with E-state index >= 15 is 0 Å². The van der Waals surface area contributed by atoms with E-state index in [1.165, 1.54) is 11.3 Å². The molecule has 2 aliphatic heterocycles. The van der Waals surface area contributed by atoms with Crippen LogP contribution in [-0.4, -0.2) is 43.2 Å². The molecule has 0 radical (unpaired) electrons. The van der Waals surface area contributed by atoms with Crippen LogP contribution in [0.4, 0.5) is 5.69 Å². The number of hydrogen-bond donors (Lipinski definition) is 2. The highest BCUT2D eigenvalue weighted by Crippen LogP contribution is 2.23. The number of piperidine rings is 1. The highest BCUT2D eigenvalue weighted by molar-refractivity contribution is 5.76. The number of carbonyl (C=O) groups is 1. The maximum atomic E-state index is 11.3. The number of anilines is 1. The summed E-state index contributed by atoms with van der Waals surface area (Å²) in [5.74, 6) is 0.600. The number of rotatable bonds is 6. The lowest BCUT2D eigenvalue weighted by atomic mass is 9.92. The minimum absolute atomic E-state index is 0.0598. The Bertz CT molecular complexity index is 564. The SMILES string of the molecule is CC(Nc1cccc(CN2CCC(C(N)=O)CC2)c1)C1CCOCC1. The summed E-state index contributed by atoms with van der Waals surface area (Å²) in [7, 11) is 0. The first-order valence-electron chi connectivity index (χ1n) is 9.56. The van der Waals surface area contributed by atoms with Crippen LogP contribution in [0.5, 0.6) is 0 Å². The summed E-state index contributed by atoms with van der Waals surface area (Å²) < 4.78 is 5.46. The summed E-state index contributed by atoms with van der Waals surface area (Å²) in [6.07, 6.45) is 4.05. The molecule has 1 amide bonds. The van der Waals surface area contributed by atoms with Gasteiger partial charge in [0.1, 0.15) is 0 Å². The lowest BCUT2D eigenvalue weighted by molar-refractivity contribution is -0.123. The van der Waals surface area contributed by atoms with Crippen LogP contribution in [0.1, 0.15) is 38.2 Å². The van der Waals surface area contributed by atoms with Crippen molar-refractivity contribution >= 4 is 11.6 Å². The van der Waals surface area contributed by atoms with Gasteiger partial charge in [0.05, 0.1) is 0 Å². The number of hydrogen-bond acceptors (Lipinski definition) is 4.